The largest absolute Gasteiger partial charge is 0.447 e. The molecule has 10 heteroatoms. The lowest BCUT2D eigenvalue weighted by atomic mass is 9.44. The molecule has 1 aliphatic heterocycles. The van der Waals surface area contributed by atoms with Crippen molar-refractivity contribution in [2.75, 3.05) is 12.6 Å². The number of aliphatic hydroxyl groups is 1. The third kappa shape index (κ3) is 3.38. The second-order valence-electron chi connectivity index (χ2n) is 12.3. The number of hydrogen-bond acceptors (Lipinski definition) is 7. The van der Waals surface area contributed by atoms with Crippen LogP contribution in [0.1, 0.15) is 59.8 Å². The highest BCUT2D eigenvalue weighted by Gasteiger charge is 2.78. The first-order chi connectivity index (χ1) is 17.7. The highest BCUT2D eigenvalue weighted by atomic mass is 32.2. The number of thioether (sulfide) groups is 1. The molecule has 5 rings (SSSR count). The van der Waals surface area contributed by atoms with Gasteiger partial charge in [-0.05, 0) is 81.4 Å². The van der Waals surface area contributed by atoms with Crippen LogP contribution in [0.2, 0.25) is 0 Å². The molecule has 0 amide bonds. The van der Waals surface area contributed by atoms with Gasteiger partial charge in [-0.1, -0.05) is 19.9 Å². The van der Waals surface area contributed by atoms with E-state index in [0.29, 0.717) is 31.2 Å². The fourth-order valence-electron chi connectivity index (χ4n) is 8.57. The maximum absolute atomic E-state index is 17.4. The minimum absolute atomic E-state index is 0.00510. The van der Waals surface area contributed by atoms with Crippen LogP contribution < -0.4 is 0 Å². The van der Waals surface area contributed by atoms with Crippen LogP contribution in [0.15, 0.2) is 23.8 Å². The van der Waals surface area contributed by atoms with Gasteiger partial charge in [0.25, 0.3) is 0 Å². The standard InChI is InChI=1S/C28H35F3O6S/c1-15-10-17-18-12-20(30)19-11-16(32)6-8-24(19,2)27(18,31)21(33)13-25(17,3)28(15,23(35)38-14-29)37-22(34)26(4)7-5-9-36-26/h6,8,11,15,17-18,20-21,33H,5,7,9-10,12-14H2,1-4H3/t15-,17+,18+,20+,21+,24+,25+,26+,27+,28+/m1/s1. The Balaban J connectivity index is 1.62. The number of hydrogen-bond donors (Lipinski definition) is 1. The molecule has 38 heavy (non-hydrogen) atoms. The first kappa shape index (κ1) is 27.9. The van der Waals surface area contributed by atoms with Gasteiger partial charge in [0.2, 0.25) is 5.12 Å². The Morgan fingerprint density at radius 2 is 1.95 bits per heavy atom. The minimum Gasteiger partial charge on any atom is -0.447 e. The summed E-state index contributed by atoms with van der Waals surface area (Å²) in [6.07, 6.45) is 1.05. The number of halogens is 3. The molecular weight excluding hydrogens is 521 g/mol. The maximum Gasteiger partial charge on any atom is 0.339 e. The van der Waals surface area contributed by atoms with Crippen molar-refractivity contribution in [3.8, 4) is 0 Å². The van der Waals surface area contributed by atoms with Gasteiger partial charge in [0.1, 0.15) is 12.2 Å². The van der Waals surface area contributed by atoms with E-state index in [4.69, 9.17) is 9.47 Å². The number of ether oxygens (including phenoxy) is 2. The molecule has 0 spiro atoms. The summed E-state index contributed by atoms with van der Waals surface area (Å²) in [6.45, 7) is 6.83. The van der Waals surface area contributed by atoms with Crippen molar-refractivity contribution in [3.05, 3.63) is 23.8 Å². The molecular formula is C28H35F3O6S. The third-order valence-electron chi connectivity index (χ3n) is 10.6. The number of allylic oxidation sites excluding steroid dienone is 4. The number of fused-ring (bicyclic) bond motifs is 5. The normalized spacial score (nSPS) is 49.6. The SMILES string of the molecule is C[C@@H]1C[C@H]2[C@@H]3C[C@H](F)C4=CC(=O)C=C[C@]4(C)[C@@]3(F)[C@@H](O)C[C@]2(C)[C@@]1(OC(=O)[C@]1(C)CCCO1)C(=O)SCF. The number of aliphatic hydroxyl groups excluding tert-OH is 1. The fraction of sp³-hybridized carbons (Fsp3) is 0.750. The Kier molecular flexibility index (Phi) is 6.56. The summed E-state index contributed by atoms with van der Waals surface area (Å²) in [7, 11) is 0. The van der Waals surface area contributed by atoms with E-state index in [1.807, 2.05) is 0 Å². The molecule has 0 aromatic carbocycles. The van der Waals surface area contributed by atoms with Crippen LogP contribution in [0.25, 0.3) is 0 Å². The smallest absolute Gasteiger partial charge is 0.339 e. The van der Waals surface area contributed by atoms with Gasteiger partial charge in [0.05, 0.1) is 6.10 Å². The predicted octanol–water partition coefficient (Wildman–Crippen LogP) is 4.59. The lowest BCUT2D eigenvalue weighted by molar-refractivity contribution is -0.233. The molecule has 3 saturated carbocycles. The summed E-state index contributed by atoms with van der Waals surface area (Å²) in [5.41, 5.74) is -8.35. The van der Waals surface area contributed by atoms with Gasteiger partial charge in [0, 0.05) is 29.3 Å². The number of carbonyl (C=O) groups is 3. The Bertz CT molecular complexity index is 1120. The molecule has 10 atom stereocenters. The van der Waals surface area contributed by atoms with E-state index in [2.05, 4.69) is 0 Å². The number of ketones is 1. The van der Waals surface area contributed by atoms with E-state index in [9.17, 15) is 23.9 Å². The highest BCUT2D eigenvalue weighted by molar-refractivity contribution is 8.13. The van der Waals surface area contributed by atoms with Crippen molar-refractivity contribution in [2.45, 2.75) is 88.9 Å². The molecule has 0 aromatic rings. The van der Waals surface area contributed by atoms with Gasteiger partial charge in [-0.2, -0.15) is 0 Å². The quantitative estimate of drug-likeness (QED) is 0.507. The van der Waals surface area contributed by atoms with Gasteiger partial charge in [-0.15, -0.1) is 0 Å². The Labute approximate surface area is 224 Å². The summed E-state index contributed by atoms with van der Waals surface area (Å²) >= 11 is 0.386. The number of esters is 1. The van der Waals surface area contributed by atoms with Gasteiger partial charge < -0.3 is 14.6 Å². The van der Waals surface area contributed by atoms with Crippen molar-refractivity contribution in [1.82, 2.24) is 0 Å². The zero-order valence-electron chi connectivity index (χ0n) is 22.1. The number of carbonyl (C=O) groups excluding carboxylic acids is 3. The lowest BCUT2D eigenvalue weighted by Crippen LogP contribution is -2.71. The van der Waals surface area contributed by atoms with Gasteiger partial charge in [-0.3, -0.25) is 9.59 Å². The average Bonchev–Trinajstić information content (AvgIpc) is 3.39. The van der Waals surface area contributed by atoms with E-state index in [0.717, 1.165) is 6.08 Å². The summed E-state index contributed by atoms with van der Waals surface area (Å²) in [5.74, 6) is -3.55. The summed E-state index contributed by atoms with van der Waals surface area (Å²) < 4.78 is 58.5. The second kappa shape index (κ2) is 8.93. The van der Waals surface area contributed by atoms with E-state index in [-0.39, 0.29) is 24.8 Å². The van der Waals surface area contributed by atoms with Crippen LogP contribution in [0.4, 0.5) is 13.2 Å². The Morgan fingerprint density at radius 3 is 2.58 bits per heavy atom. The zero-order valence-corrected chi connectivity index (χ0v) is 22.9. The predicted molar refractivity (Wildman–Crippen MR) is 134 cm³/mol. The molecule has 0 aromatic heterocycles. The number of rotatable bonds is 4. The third-order valence-corrected chi connectivity index (χ3v) is 11.2. The van der Waals surface area contributed by atoms with Crippen molar-refractivity contribution in [3.63, 3.8) is 0 Å². The lowest BCUT2D eigenvalue weighted by Gasteiger charge is -2.63. The van der Waals surface area contributed by atoms with Crippen LogP contribution in [0.5, 0.6) is 0 Å². The van der Waals surface area contributed by atoms with E-state index >= 15 is 8.78 Å². The molecule has 4 aliphatic carbocycles. The molecule has 0 bridgehead atoms. The maximum atomic E-state index is 17.4. The highest BCUT2D eigenvalue weighted by Crippen LogP contribution is 2.72. The first-order valence-corrected chi connectivity index (χ1v) is 14.3. The van der Waals surface area contributed by atoms with Crippen molar-refractivity contribution in [1.29, 1.82) is 0 Å². The average molecular weight is 557 g/mol. The van der Waals surface area contributed by atoms with Gasteiger partial charge >= 0.3 is 5.97 Å². The van der Waals surface area contributed by atoms with Gasteiger partial charge in [-0.25, -0.2) is 18.0 Å². The van der Waals surface area contributed by atoms with Crippen LogP contribution in [-0.4, -0.2) is 63.7 Å². The molecule has 5 aliphatic rings. The fourth-order valence-corrected chi connectivity index (χ4v) is 9.36. The van der Waals surface area contributed by atoms with E-state index in [1.165, 1.54) is 19.1 Å². The van der Waals surface area contributed by atoms with Crippen LogP contribution in [-0.2, 0) is 23.9 Å². The number of alkyl halides is 3. The summed E-state index contributed by atoms with van der Waals surface area (Å²) in [6, 6.07) is -1.05. The first-order valence-electron chi connectivity index (χ1n) is 13.3. The zero-order chi connectivity index (χ0) is 27.9. The van der Waals surface area contributed by atoms with Crippen molar-refractivity contribution >= 4 is 28.6 Å². The monoisotopic (exact) mass is 556 g/mol. The molecule has 1 saturated heterocycles. The van der Waals surface area contributed by atoms with Crippen LogP contribution >= 0.6 is 11.8 Å². The molecule has 0 unspecified atom stereocenters. The molecule has 1 heterocycles. The molecule has 6 nitrogen and oxygen atoms in total. The molecule has 1 N–H and O–H groups in total. The Hall–Kier alpha value is -1.65. The summed E-state index contributed by atoms with van der Waals surface area (Å²) in [5, 5.41) is 10.9. The topological polar surface area (TPSA) is 89.9 Å². The van der Waals surface area contributed by atoms with Crippen LogP contribution in [0, 0.1) is 28.6 Å². The van der Waals surface area contributed by atoms with Gasteiger partial charge in [0.15, 0.2) is 22.7 Å². The molecule has 0 radical (unpaired) electrons. The second-order valence-corrected chi connectivity index (χ2v) is 13.2. The van der Waals surface area contributed by atoms with E-state index in [1.54, 1.807) is 20.8 Å². The van der Waals surface area contributed by atoms with E-state index < -0.39 is 80.6 Å². The van der Waals surface area contributed by atoms with Crippen molar-refractivity contribution < 1.29 is 42.1 Å². The van der Waals surface area contributed by atoms with Crippen LogP contribution in [0.3, 0.4) is 0 Å². The van der Waals surface area contributed by atoms with Crippen molar-refractivity contribution in [2.24, 2.45) is 28.6 Å². The Morgan fingerprint density at radius 1 is 1.24 bits per heavy atom. The summed E-state index contributed by atoms with van der Waals surface area (Å²) in [4.78, 5) is 39.3. The molecule has 210 valence electrons. The molecule has 4 fully saturated rings. The minimum atomic E-state index is -2.33.